The average Bonchev–Trinajstić information content (AvgIpc) is 1.97. The third kappa shape index (κ3) is 3.33. The maximum absolute atomic E-state index is 10.5. The van der Waals surface area contributed by atoms with E-state index in [0.29, 0.717) is 0 Å². The van der Waals surface area contributed by atoms with Gasteiger partial charge < -0.3 is 5.11 Å². The molecule has 0 unspecified atom stereocenters. The van der Waals surface area contributed by atoms with E-state index >= 15 is 0 Å². The summed E-state index contributed by atoms with van der Waals surface area (Å²) in [6, 6.07) is 0. The maximum atomic E-state index is 10.5. The first kappa shape index (κ1) is 11.1. The van der Waals surface area contributed by atoms with Gasteiger partial charge in [-0.25, -0.2) is 4.79 Å². The van der Waals surface area contributed by atoms with Crippen LogP contribution in [0.5, 0.6) is 0 Å². The van der Waals surface area contributed by atoms with Gasteiger partial charge in [0.25, 0.3) is 5.70 Å². The van der Waals surface area contributed by atoms with Crippen LogP contribution < -0.4 is 0 Å². The lowest BCUT2D eigenvalue weighted by molar-refractivity contribution is -0.418. The molecule has 0 radical (unpaired) electrons. The molecule has 0 aromatic carbocycles. The monoisotopic (exact) mass is 183 g/mol. The SMILES string of the molecule is C=C(C)/C(=C\C(=C)[N+](=O)[O-])C(=O)O. The van der Waals surface area contributed by atoms with Crippen molar-refractivity contribution in [2.45, 2.75) is 6.92 Å². The fourth-order valence-corrected chi connectivity index (χ4v) is 0.587. The highest BCUT2D eigenvalue weighted by Gasteiger charge is 2.12. The Morgan fingerprint density at radius 2 is 2.00 bits per heavy atom. The highest BCUT2D eigenvalue weighted by molar-refractivity contribution is 5.91. The summed E-state index contributed by atoms with van der Waals surface area (Å²) in [5.74, 6) is -1.25. The number of hydrogen-bond donors (Lipinski definition) is 1. The van der Waals surface area contributed by atoms with Crippen molar-refractivity contribution in [3.8, 4) is 0 Å². The van der Waals surface area contributed by atoms with Gasteiger partial charge in [0.2, 0.25) is 0 Å². The van der Waals surface area contributed by atoms with Gasteiger partial charge in [-0.15, -0.1) is 0 Å². The summed E-state index contributed by atoms with van der Waals surface area (Å²) in [5.41, 5.74) is -0.433. The molecule has 0 saturated carbocycles. The first-order chi connectivity index (χ1) is 5.86. The molecule has 5 heteroatoms. The van der Waals surface area contributed by atoms with E-state index in [1.54, 1.807) is 0 Å². The van der Waals surface area contributed by atoms with Gasteiger partial charge in [-0.3, -0.25) is 10.1 Å². The number of carboxylic acid groups (broad SMARTS) is 1. The van der Waals surface area contributed by atoms with Gasteiger partial charge in [-0.2, -0.15) is 0 Å². The van der Waals surface area contributed by atoms with Gasteiger partial charge in [-0.05, 0) is 19.1 Å². The lowest BCUT2D eigenvalue weighted by Crippen LogP contribution is -2.04. The topological polar surface area (TPSA) is 80.4 Å². The molecule has 70 valence electrons. The molecule has 0 aromatic rings. The van der Waals surface area contributed by atoms with Crippen LogP contribution in [0.2, 0.25) is 0 Å². The summed E-state index contributed by atoms with van der Waals surface area (Å²) in [7, 11) is 0. The molecule has 1 N–H and O–H groups in total. The first-order valence-corrected chi connectivity index (χ1v) is 3.30. The van der Waals surface area contributed by atoms with Gasteiger partial charge in [0.15, 0.2) is 0 Å². The third-order valence-corrected chi connectivity index (χ3v) is 1.24. The first-order valence-electron chi connectivity index (χ1n) is 3.30. The van der Waals surface area contributed by atoms with Crippen molar-refractivity contribution in [3.05, 3.63) is 46.2 Å². The van der Waals surface area contributed by atoms with Crippen molar-refractivity contribution < 1.29 is 14.8 Å². The number of rotatable bonds is 4. The van der Waals surface area contributed by atoms with E-state index in [1.165, 1.54) is 6.92 Å². The van der Waals surface area contributed by atoms with E-state index < -0.39 is 16.6 Å². The van der Waals surface area contributed by atoms with Crippen LogP contribution in [0.1, 0.15) is 6.92 Å². The van der Waals surface area contributed by atoms with Crippen LogP contribution in [-0.4, -0.2) is 16.0 Å². The molecule has 0 aliphatic carbocycles. The Morgan fingerprint density at radius 1 is 1.54 bits per heavy atom. The van der Waals surface area contributed by atoms with E-state index in [4.69, 9.17) is 5.11 Å². The van der Waals surface area contributed by atoms with Crippen molar-refractivity contribution in [1.29, 1.82) is 0 Å². The second-order valence-electron chi connectivity index (χ2n) is 2.39. The number of carbonyl (C=O) groups is 1. The van der Waals surface area contributed by atoms with Gasteiger partial charge in [0, 0.05) is 6.08 Å². The van der Waals surface area contributed by atoms with Crippen LogP contribution in [0.25, 0.3) is 0 Å². The summed E-state index contributed by atoms with van der Waals surface area (Å²) in [5, 5.41) is 18.7. The highest BCUT2D eigenvalue weighted by atomic mass is 16.6. The minimum Gasteiger partial charge on any atom is -0.478 e. The van der Waals surface area contributed by atoms with E-state index in [2.05, 4.69) is 13.2 Å². The van der Waals surface area contributed by atoms with Crippen LogP contribution >= 0.6 is 0 Å². The molecule has 0 aliphatic heterocycles. The smallest absolute Gasteiger partial charge is 0.336 e. The number of allylic oxidation sites excluding steroid dienone is 1. The molecule has 0 spiro atoms. The van der Waals surface area contributed by atoms with Crippen molar-refractivity contribution in [2.24, 2.45) is 0 Å². The van der Waals surface area contributed by atoms with E-state index in [0.717, 1.165) is 6.08 Å². The van der Waals surface area contributed by atoms with Crippen molar-refractivity contribution >= 4 is 5.97 Å². The molecule has 0 aromatic heterocycles. The van der Waals surface area contributed by atoms with Gasteiger partial charge >= 0.3 is 5.97 Å². The van der Waals surface area contributed by atoms with Gasteiger partial charge in [-0.1, -0.05) is 6.58 Å². The van der Waals surface area contributed by atoms with Crippen LogP contribution in [0.15, 0.2) is 36.1 Å². The largest absolute Gasteiger partial charge is 0.478 e. The summed E-state index contributed by atoms with van der Waals surface area (Å²) in [4.78, 5) is 19.9. The molecule has 0 bridgehead atoms. The number of carboxylic acids is 1. The predicted molar refractivity (Wildman–Crippen MR) is 46.7 cm³/mol. The van der Waals surface area contributed by atoms with E-state index in [-0.39, 0.29) is 11.1 Å². The number of aliphatic carboxylic acids is 1. The standard InChI is InChI=1S/C8H9NO4/c1-5(2)7(8(10)11)4-6(3)9(12)13/h4H,1,3H2,2H3,(H,10,11)/b7-4+. The molecule has 0 saturated heterocycles. The quantitative estimate of drug-likeness (QED) is 0.309. The summed E-state index contributed by atoms with van der Waals surface area (Å²) in [6.45, 7) is 7.91. The molecule has 0 heterocycles. The zero-order valence-corrected chi connectivity index (χ0v) is 7.11. The lowest BCUT2D eigenvalue weighted by atomic mass is 10.1. The second kappa shape index (κ2) is 4.20. The Balaban J connectivity index is 4.96. The zero-order chi connectivity index (χ0) is 10.6. The van der Waals surface area contributed by atoms with Gasteiger partial charge in [0.05, 0.1) is 10.5 Å². The fraction of sp³-hybridized carbons (Fsp3) is 0.125. The summed E-state index contributed by atoms with van der Waals surface area (Å²) >= 11 is 0. The predicted octanol–water partition coefficient (Wildman–Crippen LogP) is 1.36. The second-order valence-corrected chi connectivity index (χ2v) is 2.39. The Hall–Kier alpha value is -1.91. The Kier molecular flexibility index (Phi) is 3.58. The minimum absolute atomic E-state index is 0.207. The summed E-state index contributed by atoms with van der Waals surface area (Å²) < 4.78 is 0. The molecule has 0 fully saturated rings. The molecular weight excluding hydrogens is 174 g/mol. The molecule has 0 amide bonds. The molecule has 0 atom stereocenters. The number of hydrogen-bond acceptors (Lipinski definition) is 3. The van der Waals surface area contributed by atoms with Crippen LogP contribution in [0.4, 0.5) is 0 Å². The molecule has 0 aliphatic rings. The minimum atomic E-state index is -1.25. The molecular formula is C8H9NO4. The normalized spacial score (nSPS) is 10.7. The van der Waals surface area contributed by atoms with Crippen LogP contribution in [-0.2, 0) is 4.79 Å². The van der Waals surface area contributed by atoms with Crippen molar-refractivity contribution in [3.63, 3.8) is 0 Å². The number of nitro groups is 1. The Morgan fingerprint density at radius 3 is 2.23 bits per heavy atom. The highest BCUT2D eigenvalue weighted by Crippen LogP contribution is 2.10. The van der Waals surface area contributed by atoms with Gasteiger partial charge in [0.1, 0.15) is 0 Å². The molecule has 5 nitrogen and oxygen atoms in total. The molecule has 13 heavy (non-hydrogen) atoms. The van der Waals surface area contributed by atoms with Crippen molar-refractivity contribution in [2.75, 3.05) is 0 Å². The Bertz CT molecular complexity index is 298. The third-order valence-electron chi connectivity index (χ3n) is 1.24. The van der Waals surface area contributed by atoms with Crippen LogP contribution in [0, 0.1) is 10.1 Å². The maximum Gasteiger partial charge on any atom is 0.336 e. The lowest BCUT2D eigenvalue weighted by Gasteiger charge is -1.98. The summed E-state index contributed by atoms with van der Waals surface area (Å²) in [6.07, 6.45) is 0.880. The fourth-order valence-electron chi connectivity index (χ4n) is 0.587. The van der Waals surface area contributed by atoms with E-state index in [9.17, 15) is 14.9 Å². The zero-order valence-electron chi connectivity index (χ0n) is 7.11. The van der Waals surface area contributed by atoms with E-state index in [1.807, 2.05) is 0 Å². The molecule has 0 rings (SSSR count). The average molecular weight is 183 g/mol. The number of nitrogens with zero attached hydrogens (tertiary/aromatic N) is 1. The van der Waals surface area contributed by atoms with Crippen molar-refractivity contribution in [1.82, 2.24) is 0 Å². The Labute approximate surface area is 74.8 Å². The van der Waals surface area contributed by atoms with Crippen LogP contribution in [0.3, 0.4) is 0 Å².